The van der Waals surface area contributed by atoms with Crippen molar-refractivity contribution in [3.8, 4) is 0 Å². The molecule has 1 aromatic rings. The molecule has 1 saturated heterocycles. The van der Waals surface area contributed by atoms with E-state index in [4.69, 9.17) is 5.11 Å². The summed E-state index contributed by atoms with van der Waals surface area (Å²) in [4.78, 5) is 24.8. The normalized spacial score (nSPS) is 18.3. The Kier molecular flexibility index (Phi) is 6.85. The molecule has 0 radical (unpaired) electrons. The maximum absolute atomic E-state index is 12.3. The Balaban J connectivity index is 1.72. The van der Waals surface area contributed by atoms with E-state index in [1.165, 1.54) is 0 Å². The maximum Gasteiger partial charge on any atom is 0.303 e. The van der Waals surface area contributed by atoms with Crippen molar-refractivity contribution >= 4 is 18.0 Å². The summed E-state index contributed by atoms with van der Waals surface area (Å²) < 4.78 is 0. The number of piperidine rings is 1. The monoisotopic (exact) mass is 315 g/mol. The minimum Gasteiger partial charge on any atom is -0.481 e. The fourth-order valence-corrected chi connectivity index (χ4v) is 3.00. The largest absolute Gasteiger partial charge is 0.481 e. The van der Waals surface area contributed by atoms with E-state index < -0.39 is 5.97 Å². The number of rotatable bonds is 7. The smallest absolute Gasteiger partial charge is 0.303 e. The van der Waals surface area contributed by atoms with E-state index in [0.717, 1.165) is 31.4 Å². The van der Waals surface area contributed by atoms with Crippen LogP contribution in [0.1, 0.15) is 44.1 Å². The Hall–Kier alpha value is -2.10. The van der Waals surface area contributed by atoms with E-state index in [0.29, 0.717) is 25.3 Å². The zero-order valence-electron chi connectivity index (χ0n) is 13.5. The zero-order valence-corrected chi connectivity index (χ0v) is 13.5. The second-order valence-corrected chi connectivity index (χ2v) is 6.13. The van der Waals surface area contributed by atoms with Crippen molar-refractivity contribution in [1.29, 1.82) is 0 Å². The average Bonchev–Trinajstić information content (AvgIpc) is 2.58. The number of carbonyl (C=O) groups is 2. The van der Waals surface area contributed by atoms with Crippen LogP contribution in [-0.4, -0.2) is 35.0 Å². The summed E-state index contributed by atoms with van der Waals surface area (Å²) in [5.41, 5.74) is 1.15. The first-order chi connectivity index (χ1) is 11.1. The van der Waals surface area contributed by atoms with Crippen LogP contribution in [0.2, 0.25) is 0 Å². The second kappa shape index (κ2) is 9.13. The van der Waals surface area contributed by atoms with Crippen molar-refractivity contribution in [3.05, 3.63) is 42.0 Å². The van der Waals surface area contributed by atoms with Crippen LogP contribution in [0.4, 0.5) is 0 Å². The minimum atomic E-state index is -0.750. The second-order valence-electron chi connectivity index (χ2n) is 6.13. The lowest BCUT2D eigenvalue weighted by molar-refractivity contribution is -0.137. The number of aliphatic carboxylic acids is 1. The van der Waals surface area contributed by atoms with Gasteiger partial charge in [-0.3, -0.25) is 9.59 Å². The first-order valence-electron chi connectivity index (χ1n) is 8.36. The topological polar surface area (TPSA) is 57.6 Å². The quantitative estimate of drug-likeness (QED) is 0.836. The van der Waals surface area contributed by atoms with E-state index in [-0.39, 0.29) is 12.3 Å². The predicted octanol–water partition coefficient (Wildman–Crippen LogP) is 3.58. The van der Waals surface area contributed by atoms with E-state index in [9.17, 15) is 9.59 Å². The Bertz CT molecular complexity index is 539. The summed E-state index contributed by atoms with van der Waals surface area (Å²) in [6.07, 6.45) is 8.23. The summed E-state index contributed by atoms with van der Waals surface area (Å²) in [6, 6.07) is 10.1. The zero-order chi connectivity index (χ0) is 16.5. The number of amides is 1. The molecule has 0 spiro atoms. The van der Waals surface area contributed by atoms with Crippen molar-refractivity contribution in [2.24, 2.45) is 5.92 Å². The molecule has 4 heteroatoms. The minimum absolute atomic E-state index is 0.183. The molecule has 0 bridgehead atoms. The van der Waals surface area contributed by atoms with Gasteiger partial charge in [0.2, 0.25) is 5.91 Å². The van der Waals surface area contributed by atoms with Gasteiger partial charge in [-0.25, -0.2) is 0 Å². The Morgan fingerprint density at radius 2 is 2.00 bits per heavy atom. The SMILES string of the molecule is O=C(O)CCC1CCCN(C(=O)CCC=Cc2ccccc2)C1. The Morgan fingerprint density at radius 3 is 2.74 bits per heavy atom. The molecule has 1 fully saturated rings. The molecular formula is C19H25NO3. The number of likely N-dealkylation sites (tertiary alicyclic amines) is 1. The number of carboxylic acid groups (broad SMARTS) is 1. The fourth-order valence-electron chi connectivity index (χ4n) is 3.00. The summed E-state index contributed by atoms with van der Waals surface area (Å²) >= 11 is 0. The highest BCUT2D eigenvalue weighted by Crippen LogP contribution is 2.21. The van der Waals surface area contributed by atoms with Crippen LogP contribution in [0.3, 0.4) is 0 Å². The lowest BCUT2D eigenvalue weighted by Gasteiger charge is -2.32. The highest BCUT2D eigenvalue weighted by Gasteiger charge is 2.23. The van der Waals surface area contributed by atoms with Gasteiger partial charge >= 0.3 is 5.97 Å². The molecule has 4 nitrogen and oxygen atoms in total. The van der Waals surface area contributed by atoms with E-state index in [1.54, 1.807) is 0 Å². The van der Waals surface area contributed by atoms with Crippen LogP contribution in [0.5, 0.6) is 0 Å². The third-order valence-corrected chi connectivity index (χ3v) is 4.27. The van der Waals surface area contributed by atoms with Gasteiger partial charge in [0.25, 0.3) is 0 Å². The Morgan fingerprint density at radius 1 is 1.22 bits per heavy atom. The van der Waals surface area contributed by atoms with Gasteiger partial charge in [0.15, 0.2) is 0 Å². The molecule has 1 amide bonds. The van der Waals surface area contributed by atoms with E-state index in [2.05, 4.69) is 0 Å². The van der Waals surface area contributed by atoms with Gasteiger partial charge in [-0.15, -0.1) is 0 Å². The molecule has 1 unspecified atom stereocenters. The molecule has 0 saturated carbocycles. The number of allylic oxidation sites excluding steroid dienone is 1. The molecule has 2 rings (SSSR count). The van der Waals surface area contributed by atoms with E-state index >= 15 is 0 Å². The maximum atomic E-state index is 12.3. The average molecular weight is 315 g/mol. The van der Waals surface area contributed by atoms with Crippen LogP contribution >= 0.6 is 0 Å². The molecule has 124 valence electrons. The van der Waals surface area contributed by atoms with Crippen LogP contribution in [0.15, 0.2) is 36.4 Å². The number of hydrogen-bond acceptors (Lipinski definition) is 2. The molecule has 0 aromatic heterocycles. The van der Waals surface area contributed by atoms with Gasteiger partial charge in [0.1, 0.15) is 0 Å². The van der Waals surface area contributed by atoms with Crippen molar-refractivity contribution in [2.75, 3.05) is 13.1 Å². The molecule has 1 heterocycles. The van der Waals surface area contributed by atoms with Gasteiger partial charge in [-0.1, -0.05) is 42.5 Å². The first kappa shape index (κ1) is 17.3. The van der Waals surface area contributed by atoms with Crippen molar-refractivity contribution < 1.29 is 14.7 Å². The first-order valence-corrected chi connectivity index (χ1v) is 8.36. The van der Waals surface area contributed by atoms with Crippen molar-refractivity contribution in [3.63, 3.8) is 0 Å². The highest BCUT2D eigenvalue weighted by molar-refractivity contribution is 5.76. The van der Waals surface area contributed by atoms with Gasteiger partial charge in [-0.2, -0.15) is 0 Å². The number of carbonyl (C=O) groups excluding carboxylic acids is 1. The lowest BCUT2D eigenvalue weighted by Crippen LogP contribution is -2.39. The van der Waals surface area contributed by atoms with Gasteiger partial charge in [-0.05, 0) is 37.2 Å². The van der Waals surface area contributed by atoms with Crippen LogP contribution < -0.4 is 0 Å². The van der Waals surface area contributed by atoms with E-state index in [1.807, 2.05) is 47.4 Å². The molecule has 23 heavy (non-hydrogen) atoms. The number of benzene rings is 1. The molecule has 1 aromatic carbocycles. The van der Waals surface area contributed by atoms with Crippen molar-refractivity contribution in [1.82, 2.24) is 4.90 Å². The number of carboxylic acids is 1. The molecule has 1 aliphatic rings. The highest BCUT2D eigenvalue weighted by atomic mass is 16.4. The standard InChI is InChI=1S/C19H25NO3/c21-18(11-5-4-9-16-7-2-1-3-8-16)20-14-6-10-17(15-20)12-13-19(22)23/h1-4,7-9,17H,5-6,10-15H2,(H,22,23). The molecule has 1 aliphatic heterocycles. The van der Waals surface area contributed by atoms with Gasteiger partial charge < -0.3 is 10.0 Å². The summed E-state index contributed by atoms with van der Waals surface area (Å²) in [7, 11) is 0. The van der Waals surface area contributed by atoms with Crippen LogP contribution in [0.25, 0.3) is 6.08 Å². The summed E-state index contributed by atoms with van der Waals surface area (Å²) in [5.74, 6) is -0.231. The third-order valence-electron chi connectivity index (χ3n) is 4.27. The van der Waals surface area contributed by atoms with Crippen molar-refractivity contribution in [2.45, 2.75) is 38.5 Å². The molecular weight excluding hydrogens is 290 g/mol. The molecule has 1 atom stereocenters. The van der Waals surface area contributed by atoms with Gasteiger partial charge in [0.05, 0.1) is 0 Å². The predicted molar refractivity (Wildman–Crippen MR) is 90.9 cm³/mol. The number of hydrogen-bond donors (Lipinski definition) is 1. The van der Waals surface area contributed by atoms with Gasteiger partial charge in [0, 0.05) is 25.9 Å². The van der Waals surface area contributed by atoms with Crippen LogP contribution in [0, 0.1) is 5.92 Å². The third kappa shape index (κ3) is 6.27. The molecule has 1 N–H and O–H groups in total. The number of nitrogens with zero attached hydrogens (tertiary/aromatic N) is 1. The fraction of sp³-hybridized carbons (Fsp3) is 0.474. The molecule has 0 aliphatic carbocycles. The Labute approximate surface area is 137 Å². The van der Waals surface area contributed by atoms with Crippen LogP contribution in [-0.2, 0) is 9.59 Å². The summed E-state index contributed by atoms with van der Waals surface area (Å²) in [6.45, 7) is 1.53. The lowest BCUT2D eigenvalue weighted by atomic mass is 9.93. The summed E-state index contributed by atoms with van der Waals surface area (Å²) in [5, 5.41) is 8.77.